The summed E-state index contributed by atoms with van der Waals surface area (Å²) in [5, 5.41) is 15.7. The number of fused-ring (bicyclic) bond motifs is 22. The molecule has 0 fully saturated rings. The second-order valence-electron chi connectivity index (χ2n) is 16.8. The summed E-state index contributed by atoms with van der Waals surface area (Å²) in [6, 6.07) is 60.1. The zero-order valence-electron chi connectivity index (χ0n) is 31.6. The van der Waals surface area contributed by atoms with E-state index in [0.29, 0.717) is 0 Å². The van der Waals surface area contributed by atoms with Gasteiger partial charge in [-0.3, -0.25) is 0 Å². The predicted molar refractivity (Wildman–Crippen MR) is 258 cm³/mol. The van der Waals surface area contributed by atoms with Gasteiger partial charge in [-0.1, -0.05) is 84.9 Å². The second-order valence-corrected chi connectivity index (χ2v) is 19.0. The zero-order chi connectivity index (χ0) is 38.3. The first-order chi connectivity index (χ1) is 29.8. The summed E-state index contributed by atoms with van der Waals surface area (Å²) in [5.41, 5.74) is 15.1. The SMILES string of the molecule is c1ccc2c(c1)sc1cc3c(cc12)c1cccc2c1n3c1cccc3c4cc5c6cccc7c6n(c5cc4n2c31)c1cccc2c3cc4c(cc3n7c21)sc1ccccc14. The minimum absolute atomic E-state index is 1.24. The molecule has 0 saturated carbocycles. The lowest BCUT2D eigenvalue weighted by Crippen LogP contribution is -1.97. The highest BCUT2D eigenvalue weighted by Crippen LogP contribution is 2.47. The van der Waals surface area contributed by atoms with E-state index in [1.165, 1.54) is 150 Å². The number of aromatic nitrogens is 4. The van der Waals surface area contributed by atoms with Gasteiger partial charge in [0.15, 0.2) is 0 Å². The molecule has 0 N–H and O–H groups in total. The van der Waals surface area contributed by atoms with Crippen LogP contribution >= 0.6 is 22.7 Å². The maximum Gasteiger partial charge on any atom is 0.0783 e. The first-order valence-corrected chi connectivity index (χ1v) is 22.2. The van der Waals surface area contributed by atoms with Gasteiger partial charge in [0, 0.05) is 83.4 Å². The first-order valence-electron chi connectivity index (χ1n) is 20.6. The Balaban J connectivity index is 1.05. The number of para-hydroxylation sites is 4. The highest BCUT2D eigenvalue weighted by molar-refractivity contribution is 7.26. The Morgan fingerprint density at radius 1 is 0.217 bits per heavy atom. The zero-order valence-corrected chi connectivity index (χ0v) is 33.2. The van der Waals surface area contributed by atoms with Gasteiger partial charge in [0.05, 0.1) is 66.2 Å². The summed E-state index contributed by atoms with van der Waals surface area (Å²) in [4.78, 5) is 0. The molecule has 0 spiro atoms. The predicted octanol–water partition coefficient (Wildman–Crippen LogP) is 15.5. The number of thiophene rings is 2. The molecule has 0 unspecified atom stereocenters. The number of hydrogen-bond acceptors (Lipinski definition) is 2. The molecule has 0 aliphatic carbocycles. The molecule has 0 amide bonds. The van der Waals surface area contributed by atoms with Crippen LogP contribution in [0.3, 0.4) is 0 Å². The third-order valence-electron chi connectivity index (χ3n) is 14.1. The molecule has 0 atom stereocenters. The summed E-state index contributed by atoms with van der Waals surface area (Å²) in [6.07, 6.45) is 0. The molecule has 9 aromatic carbocycles. The highest BCUT2D eigenvalue weighted by atomic mass is 32.1. The standard InChI is InChI=1S/C54H26N4S2/c1-3-19-47-27(9-1)37-22-35-31-13-7-15-39-53(31)57(45(35)25-49(37)59-47)41-17-5-11-29-33-21-34-30-12-6-18-42-52(30)56(44(34)24-43(33)55(39)51(29)41)40-16-8-14-32-36-23-38-28-10-2-4-20-48(28)60-50(38)26-46(36)58(42)54(32)40/h1-26H. The van der Waals surface area contributed by atoms with Gasteiger partial charge < -0.3 is 17.6 Å². The molecule has 17 aromatic rings. The molecule has 4 nitrogen and oxygen atoms in total. The largest absolute Gasteiger partial charge is 0.305 e. The van der Waals surface area contributed by atoms with Crippen LogP contribution in [-0.4, -0.2) is 17.6 Å². The van der Waals surface area contributed by atoms with Crippen molar-refractivity contribution in [3.8, 4) is 0 Å². The Morgan fingerprint density at radius 2 is 0.533 bits per heavy atom. The molecule has 0 aliphatic rings. The average Bonchev–Trinajstić information content (AvgIpc) is 4.13. The van der Waals surface area contributed by atoms with E-state index in [9.17, 15) is 0 Å². The van der Waals surface area contributed by atoms with E-state index in [1.807, 2.05) is 22.7 Å². The average molecular weight is 795 g/mol. The lowest BCUT2D eigenvalue weighted by molar-refractivity contribution is 1.25. The number of hydrogen-bond donors (Lipinski definition) is 0. The molecular weight excluding hydrogens is 769 g/mol. The molecule has 6 heteroatoms. The molecule has 0 radical (unpaired) electrons. The second kappa shape index (κ2) is 9.73. The van der Waals surface area contributed by atoms with Crippen molar-refractivity contribution < 1.29 is 0 Å². The van der Waals surface area contributed by atoms with Crippen LogP contribution in [-0.2, 0) is 0 Å². The van der Waals surface area contributed by atoms with E-state index >= 15 is 0 Å². The van der Waals surface area contributed by atoms with E-state index in [4.69, 9.17) is 0 Å². The summed E-state index contributed by atoms with van der Waals surface area (Å²) in [6.45, 7) is 0. The Kier molecular flexibility index (Phi) is 4.83. The minimum atomic E-state index is 1.24. The van der Waals surface area contributed by atoms with Crippen molar-refractivity contribution in [1.82, 2.24) is 17.6 Å². The van der Waals surface area contributed by atoms with Crippen LogP contribution in [0.2, 0.25) is 0 Å². The van der Waals surface area contributed by atoms with Gasteiger partial charge >= 0.3 is 0 Å². The van der Waals surface area contributed by atoms with Crippen LogP contribution in [0, 0.1) is 0 Å². The summed E-state index contributed by atoms with van der Waals surface area (Å²) >= 11 is 3.79. The fourth-order valence-corrected chi connectivity index (χ4v) is 14.1. The summed E-state index contributed by atoms with van der Waals surface area (Å²) in [7, 11) is 0. The molecule has 0 bridgehead atoms. The Hall–Kier alpha value is -7.38. The van der Waals surface area contributed by atoms with Gasteiger partial charge in [0.2, 0.25) is 0 Å². The molecule has 274 valence electrons. The molecule has 8 aromatic heterocycles. The number of benzene rings is 9. The quantitative estimate of drug-likeness (QED) is 0.136. The van der Waals surface area contributed by atoms with Crippen LogP contribution < -0.4 is 0 Å². The van der Waals surface area contributed by atoms with Crippen LogP contribution in [0.5, 0.6) is 0 Å². The van der Waals surface area contributed by atoms with Gasteiger partial charge in [0.25, 0.3) is 0 Å². The van der Waals surface area contributed by atoms with Crippen molar-refractivity contribution in [1.29, 1.82) is 0 Å². The van der Waals surface area contributed by atoms with Crippen molar-refractivity contribution in [3.05, 3.63) is 158 Å². The van der Waals surface area contributed by atoms with E-state index in [-0.39, 0.29) is 0 Å². The Labute approximate surface area is 345 Å². The fraction of sp³-hybridized carbons (Fsp3) is 0. The third kappa shape index (κ3) is 3.16. The lowest BCUT2D eigenvalue weighted by atomic mass is 10.1. The van der Waals surface area contributed by atoms with E-state index in [0.717, 1.165) is 0 Å². The van der Waals surface area contributed by atoms with Gasteiger partial charge in [-0.2, -0.15) is 0 Å². The van der Waals surface area contributed by atoms with Crippen LogP contribution in [0.4, 0.5) is 0 Å². The molecule has 0 saturated heterocycles. The topological polar surface area (TPSA) is 17.6 Å². The number of rotatable bonds is 0. The van der Waals surface area contributed by atoms with E-state index in [1.54, 1.807) is 0 Å². The maximum absolute atomic E-state index is 2.57. The normalized spacial score (nSPS) is 13.3. The molecule has 17 rings (SSSR count). The first kappa shape index (κ1) is 29.8. The van der Waals surface area contributed by atoms with Crippen molar-refractivity contribution in [3.63, 3.8) is 0 Å². The van der Waals surface area contributed by atoms with Gasteiger partial charge in [0.1, 0.15) is 0 Å². The van der Waals surface area contributed by atoms with Crippen LogP contribution in [0.25, 0.3) is 150 Å². The highest BCUT2D eigenvalue weighted by Gasteiger charge is 2.25. The Morgan fingerprint density at radius 3 is 0.917 bits per heavy atom. The molecule has 0 aliphatic heterocycles. The Bertz CT molecular complexity index is 4530. The van der Waals surface area contributed by atoms with Gasteiger partial charge in [-0.05, 0) is 72.8 Å². The van der Waals surface area contributed by atoms with Crippen LogP contribution in [0.15, 0.2) is 158 Å². The minimum Gasteiger partial charge on any atom is -0.305 e. The molecular formula is C54H26N4S2. The van der Waals surface area contributed by atoms with E-state index < -0.39 is 0 Å². The van der Waals surface area contributed by atoms with Crippen molar-refractivity contribution >= 4 is 172 Å². The van der Waals surface area contributed by atoms with Gasteiger partial charge in [-0.15, -0.1) is 22.7 Å². The number of nitrogens with zero attached hydrogens (tertiary/aromatic N) is 4. The summed E-state index contributed by atoms with van der Waals surface area (Å²) in [5.74, 6) is 0. The smallest absolute Gasteiger partial charge is 0.0783 e. The van der Waals surface area contributed by atoms with Crippen molar-refractivity contribution in [2.24, 2.45) is 0 Å². The van der Waals surface area contributed by atoms with E-state index in [2.05, 4.69) is 175 Å². The fourth-order valence-electron chi connectivity index (χ4n) is 11.8. The van der Waals surface area contributed by atoms with Gasteiger partial charge in [-0.25, -0.2) is 0 Å². The van der Waals surface area contributed by atoms with Crippen LogP contribution in [0.1, 0.15) is 0 Å². The molecule has 8 heterocycles. The summed E-state index contributed by atoms with van der Waals surface area (Å²) < 4.78 is 15.6. The van der Waals surface area contributed by atoms with Crippen molar-refractivity contribution in [2.75, 3.05) is 0 Å². The van der Waals surface area contributed by atoms with Crippen molar-refractivity contribution in [2.45, 2.75) is 0 Å². The third-order valence-corrected chi connectivity index (χ3v) is 16.4. The lowest BCUT2D eigenvalue weighted by Gasteiger charge is -2.12. The monoisotopic (exact) mass is 794 g/mol. The maximum atomic E-state index is 2.57. The molecule has 60 heavy (non-hydrogen) atoms.